The van der Waals surface area contributed by atoms with Crippen LogP contribution < -0.4 is 10.6 Å². The highest BCUT2D eigenvalue weighted by molar-refractivity contribution is 5.76. The highest BCUT2D eigenvalue weighted by atomic mass is 19.1. The summed E-state index contributed by atoms with van der Waals surface area (Å²) in [7, 11) is 0. The minimum atomic E-state index is -0.908. The zero-order valence-corrected chi connectivity index (χ0v) is 12.5. The Hall–Kier alpha value is -3.69. The van der Waals surface area contributed by atoms with Crippen LogP contribution in [0.15, 0.2) is 49.1 Å². The Morgan fingerprint density at radius 1 is 1.08 bits per heavy atom. The molecule has 0 aliphatic carbocycles. The second-order valence-electron chi connectivity index (χ2n) is 4.79. The van der Waals surface area contributed by atoms with Gasteiger partial charge in [0.25, 0.3) is 0 Å². The van der Waals surface area contributed by atoms with E-state index in [4.69, 9.17) is 0 Å². The van der Waals surface area contributed by atoms with E-state index in [0.29, 0.717) is 11.8 Å². The lowest BCUT2D eigenvalue weighted by molar-refractivity contribution is -0.383. The number of halogens is 2. The summed E-state index contributed by atoms with van der Waals surface area (Å²) in [5, 5.41) is 16.7. The number of benzene rings is 1. The van der Waals surface area contributed by atoms with Crippen LogP contribution in [0, 0.1) is 21.7 Å². The van der Waals surface area contributed by atoms with Gasteiger partial charge in [0.05, 0.1) is 22.5 Å². The van der Waals surface area contributed by atoms with Crippen LogP contribution in [0.2, 0.25) is 0 Å². The lowest BCUT2D eigenvalue weighted by Crippen LogP contribution is -2.06. The van der Waals surface area contributed by atoms with E-state index in [2.05, 4.69) is 25.6 Å². The van der Waals surface area contributed by atoms with Crippen LogP contribution in [-0.4, -0.2) is 19.9 Å². The minimum absolute atomic E-state index is 0.0991. The predicted molar refractivity (Wildman–Crippen MR) is 85.8 cm³/mol. The third-order valence-corrected chi connectivity index (χ3v) is 3.11. The number of hydrogen-bond acceptors (Lipinski definition) is 7. The Morgan fingerprint density at radius 2 is 1.84 bits per heavy atom. The first-order valence-corrected chi connectivity index (χ1v) is 6.93. The number of anilines is 4. The largest absolute Gasteiger partial charge is 0.353 e. The molecule has 0 aliphatic rings. The molecule has 0 saturated carbocycles. The van der Waals surface area contributed by atoms with Crippen molar-refractivity contribution in [3.05, 3.63) is 70.8 Å². The Balaban J connectivity index is 1.99. The average molecular weight is 344 g/mol. The molecule has 126 valence electrons. The Bertz CT molecular complexity index is 923. The van der Waals surface area contributed by atoms with Gasteiger partial charge in [0.2, 0.25) is 11.6 Å². The summed E-state index contributed by atoms with van der Waals surface area (Å²) in [6, 6.07) is 6.08. The van der Waals surface area contributed by atoms with E-state index >= 15 is 0 Å². The molecular weight excluding hydrogens is 334 g/mol. The normalized spacial score (nSPS) is 10.3. The quantitative estimate of drug-likeness (QED) is 0.538. The summed E-state index contributed by atoms with van der Waals surface area (Å²) in [5.41, 5.74) is -0.172. The van der Waals surface area contributed by atoms with Crippen molar-refractivity contribution in [1.82, 2.24) is 15.0 Å². The summed E-state index contributed by atoms with van der Waals surface area (Å²) in [5.74, 6) is -2.01. The molecule has 2 N–H and O–H groups in total. The van der Waals surface area contributed by atoms with E-state index in [-0.39, 0.29) is 17.3 Å². The van der Waals surface area contributed by atoms with E-state index in [0.717, 1.165) is 18.5 Å². The van der Waals surface area contributed by atoms with Crippen molar-refractivity contribution in [1.29, 1.82) is 0 Å². The molecule has 0 atom stereocenters. The molecule has 0 saturated heterocycles. The van der Waals surface area contributed by atoms with Crippen LogP contribution in [0.25, 0.3) is 0 Å². The third-order valence-electron chi connectivity index (χ3n) is 3.11. The van der Waals surface area contributed by atoms with Crippen molar-refractivity contribution >= 4 is 28.7 Å². The lowest BCUT2D eigenvalue weighted by Gasteiger charge is -2.10. The van der Waals surface area contributed by atoms with Crippen LogP contribution in [-0.2, 0) is 0 Å². The molecule has 0 aliphatic heterocycles. The molecule has 2 heterocycles. The summed E-state index contributed by atoms with van der Waals surface area (Å²) >= 11 is 0. The molecule has 0 fully saturated rings. The Morgan fingerprint density at radius 3 is 2.48 bits per heavy atom. The first-order valence-electron chi connectivity index (χ1n) is 6.93. The lowest BCUT2D eigenvalue weighted by atomic mass is 10.3. The molecule has 0 radical (unpaired) electrons. The van der Waals surface area contributed by atoms with Crippen molar-refractivity contribution in [3.63, 3.8) is 0 Å². The Kier molecular flexibility index (Phi) is 4.42. The first kappa shape index (κ1) is 16.2. The molecule has 0 unspecified atom stereocenters. The van der Waals surface area contributed by atoms with Crippen LogP contribution >= 0.6 is 0 Å². The summed E-state index contributed by atoms with van der Waals surface area (Å²) in [6.45, 7) is 0. The van der Waals surface area contributed by atoms with Crippen molar-refractivity contribution in [3.8, 4) is 0 Å². The molecule has 0 spiro atoms. The van der Waals surface area contributed by atoms with Gasteiger partial charge in [0.1, 0.15) is 18.0 Å². The van der Waals surface area contributed by atoms with Crippen molar-refractivity contribution in [2.45, 2.75) is 0 Å². The van der Waals surface area contributed by atoms with Gasteiger partial charge < -0.3 is 10.6 Å². The number of aromatic nitrogens is 3. The smallest absolute Gasteiger partial charge is 0.333 e. The maximum Gasteiger partial charge on any atom is 0.353 e. The number of nitro groups is 1. The topological polar surface area (TPSA) is 106 Å². The number of hydrogen-bond donors (Lipinski definition) is 2. The zero-order chi connectivity index (χ0) is 17.8. The molecule has 3 rings (SSSR count). The fourth-order valence-corrected chi connectivity index (χ4v) is 2.03. The van der Waals surface area contributed by atoms with Gasteiger partial charge in [0.15, 0.2) is 0 Å². The van der Waals surface area contributed by atoms with Crippen molar-refractivity contribution in [2.24, 2.45) is 0 Å². The SMILES string of the molecule is O=[N+]([O-])c1c(Nc2cccnc2)ncnc1Nc1ccc(F)cc1F. The zero-order valence-electron chi connectivity index (χ0n) is 12.5. The van der Waals surface area contributed by atoms with Gasteiger partial charge in [0, 0.05) is 12.3 Å². The van der Waals surface area contributed by atoms with E-state index in [1.807, 2.05) is 0 Å². The summed E-state index contributed by atoms with van der Waals surface area (Å²) in [4.78, 5) is 22.3. The van der Waals surface area contributed by atoms with Gasteiger partial charge in [-0.3, -0.25) is 15.1 Å². The monoisotopic (exact) mass is 344 g/mol. The van der Waals surface area contributed by atoms with E-state index < -0.39 is 22.2 Å². The number of pyridine rings is 1. The van der Waals surface area contributed by atoms with Crippen LogP contribution in [0.5, 0.6) is 0 Å². The van der Waals surface area contributed by atoms with E-state index in [1.165, 1.54) is 6.20 Å². The molecule has 0 bridgehead atoms. The highest BCUT2D eigenvalue weighted by Crippen LogP contribution is 2.33. The van der Waals surface area contributed by atoms with Crippen molar-refractivity contribution in [2.75, 3.05) is 10.6 Å². The fraction of sp³-hybridized carbons (Fsp3) is 0. The maximum atomic E-state index is 13.8. The summed E-state index contributed by atoms with van der Waals surface area (Å²) in [6.07, 6.45) is 4.08. The number of rotatable bonds is 5. The molecular formula is C15H10F2N6O2. The van der Waals surface area contributed by atoms with Gasteiger partial charge in [-0.15, -0.1) is 0 Å². The van der Waals surface area contributed by atoms with Crippen LogP contribution in [0.4, 0.5) is 37.5 Å². The molecule has 8 nitrogen and oxygen atoms in total. The second-order valence-corrected chi connectivity index (χ2v) is 4.79. The van der Waals surface area contributed by atoms with Gasteiger partial charge in [-0.25, -0.2) is 18.7 Å². The van der Waals surface area contributed by atoms with Crippen LogP contribution in [0.1, 0.15) is 0 Å². The third kappa shape index (κ3) is 3.63. The minimum Gasteiger partial charge on any atom is -0.333 e. The second kappa shape index (κ2) is 6.83. The number of nitrogens with zero attached hydrogens (tertiary/aromatic N) is 4. The standard InChI is InChI=1S/C15H10F2N6O2/c16-9-3-4-12(11(17)6-9)22-15-13(23(24)25)14(19-8-20-15)21-10-2-1-5-18-7-10/h1-8H,(H2,19,20,21,22). The fourth-order valence-electron chi connectivity index (χ4n) is 2.03. The molecule has 3 aromatic rings. The highest BCUT2D eigenvalue weighted by Gasteiger charge is 2.24. The number of nitrogens with one attached hydrogen (secondary N) is 2. The van der Waals surface area contributed by atoms with Gasteiger partial charge in [-0.05, 0) is 24.3 Å². The maximum absolute atomic E-state index is 13.8. The van der Waals surface area contributed by atoms with Crippen LogP contribution in [0.3, 0.4) is 0 Å². The molecule has 0 amide bonds. The first-order chi connectivity index (χ1) is 12.0. The average Bonchev–Trinajstić information content (AvgIpc) is 2.58. The molecule has 2 aromatic heterocycles. The Labute approximate surface area is 139 Å². The van der Waals surface area contributed by atoms with Gasteiger partial charge in [-0.2, -0.15) is 0 Å². The molecule has 10 heteroatoms. The predicted octanol–water partition coefficient (Wildman–Crippen LogP) is 3.55. The molecule has 1 aromatic carbocycles. The van der Waals surface area contributed by atoms with Crippen molar-refractivity contribution < 1.29 is 13.7 Å². The van der Waals surface area contributed by atoms with E-state index in [9.17, 15) is 18.9 Å². The summed E-state index contributed by atoms with van der Waals surface area (Å²) < 4.78 is 26.8. The van der Waals surface area contributed by atoms with Gasteiger partial charge in [-0.1, -0.05) is 0 Å². The molecule has 25 heavy (non-hydrogen) atoms. The van der Waals surface area contributed by atoms with E-state index in [1.54, 1.807) is 18.3 Å². The van der Waals surface area contributed by atoms with Gasteiger partial charge >= 0.3 is 5.69 Å².